The van der Waals surface area contributed by atoms with Gasteiger partial charge >= 0.3 is 0 Å². The molecule has 2 aromatic heterocycles. The van der Waals surface area contributed by atoms with Crippen LogP contribution in [-0.2, 0) is 16.1 Å². The maximum atomic E-state index is 13.0. The van der Waals surface area contributed by atoms with Crippen molar-refractivity contribution in [2.75, 3.05) is 23.3 Å². The van der Waals surface area contributed by atoms with Gasteiger partial charge in [0.05, 0.1) is 16.6 Å². The summed E-state index contributed by atoms with van der Waals surface area (Å²) in [4.78, 5) is 48.8. The van der Waals surface area contributed by atoms with E-state index in [-0.39, 0.29) is 29.8 Å². The van der Waals surface area contributed by atoms with Gasteiger partial charge in [0.15, 0.2) is 10.8 Å². The molecule has 2 fully saturated rings. The Bertz CT molecular complexity index is 1270. The predicted octanol–water partition coefficient (Wildman–Crippen LogP) is 2.64. The van der Waals surface area contributed by atoms with E-state index in [0.717, 1.165) is 32.2 Å². The molecule has 5 rings (SSSR count). The molecule has 3 aromatic rings. The van der Waals surface area contributed by atoms with Gasteiger partial charge in [-0.15, -0.1) is 0 Å². The van der Waals surface area contributed by atoms with E-state index in [1.54, 1.807) is 24.3 Å². The van der Waals surface area contributed by atoms with Crippen LogP contribution in [0.15, 0.2) is 35.4 Å². The zero-order chi connectivity index (χ0) is 22.9. The molecule has 1 saturated heterocycles. The van der Waals surface area contributed by atoms with Gasteiger partial charge in [0.1, 0.15) is 17.6 Å². The highest BCUT2D eigenvalue weighted by Crippen LogP contribution is 2.30. The lowest BCUT2D eigenvalue weighted by Crippen LogP contribution is -2.43. The van der Waals surface area contributed by atoms with Crippen molar-refractivity contribution in [2.45, 2.75) is 38.3 Å². The number of carbonyl (C=O) groups is 2. The fourth-order valence-electron chi connectivity index (χ4n) is 3.90. The Balaban J connectivity index is 1.31. The fourth-order valence-corrected chi connectivity index (χ4v) is 5.09. The molecule has 172 valence electrons. The van der Waals surface area contributed by atoms with E-state index in [9.17, 15) is 14.4 Å². The van der Waals surface area contributed by atoms with Crippen LogP contribution >= 0.6 is 22.9 Å². The van der Waals surface area contributed by atoms with E-state index in [0.29, 0.717) is 38.8 Å². The van der Waals surface area contributed by atoms with Gasteiger partial charge in [-0.1, -0.05) is 35.1 Å². The number of benzene rings is 1. The van der Waals surface area contributed by atoms with Crippen molar-refractivity contribution in [2.24, 2.45) is 5.92 Å². The SMILES string of the molecule is O=C(Cn1cnc2nc(N3CCC[C@H](C(=O)NC4CC4)C3)sc2c1=O)Nc1ccccc1Cl. The summed E-state index contributed by atoms with van der Waals surface area (Å²) in [6, 6.07) is 7.24. The van der Waals surface area contributed by atoms with Gasteiger partial charge < -0.3 is 15.5 Å². The Morgan fingerprint density at radius 2 is 2.03 bits per heavy atom. The lowest BCUT2D eigenvalue weighted by molar-refractivity contribution is -0.125. The molecule has 3 heterocycles. The molecule has 33 heavy (non-hydrogen) atoms. The number of halogens is 1. The van der Waals surface area contributed by atoms with Gasteiger partial charge in [-0.3, -0.25) is 19.0 Å². The van der Waals surface area contributed by atoms with E-state index in [1.807, 2.05) is 0 Å². The predicted molar refractivity (Wildman–Crippen MR) is 128 cm³/mol. The van der Waals surface area contributed by atoms with Gasteiger partial charge in [0.25, 0.3) is 5.56 Å². The van der Waals surface area contributed by atoms with Crippen LogP contribution in [0.4, 0.5) is 10.8 Å². The molecule has 0 spiro atoms. The molecule has 2 amide bonds. The van der Waals surface area contributed by atoms with Crippen molar-refractivity contribution in [3.05, 3.63) is 46.0 Å². The molecule has 0 bridgehead atoms. The van der Waals surface area contributed by atoms with Crippen molar-refractivity contribution < 1.29 is 9.59 Å². The minimum absolute atomic E-state index is 0.0792. The van der Waals surface area contributed by atoms with Crippen LogP contribution < -0.4 is 21.1 Å². The second-order valence-corrected chi connectivity index (χ2v) is 9.81. The summed E-state index contributed by atoms with van der Waals surface area (Å²) in [5.74, 6) is -0.352. The first-order valence-corrected chi connectivity index (χ1v) is 12.1. The molecule has 1 saturated carbocycles. The first-order chi connectivity index (χ1) is 16.0. The number of amides is 2. The summed E-state index contributed by atoms with van der Waals surface area (Å²) < 4.78 is 1.65. The number of piperidine rings is 1. The summed E-state index contributed by atoms with van der Waals surface area (Å²) in [6.07, 6.45) is 5.20. The zero-order valence-electron chi connectivity index (χ0n) is 17.8. The standard InChI is InChI=1S/C22H23ClN6O3S/c23-15-5-1-2-6-16(15)26-17(30)11-29-12-24-19-18(21(29)32)33-22(27-19)28-9-3-4-13(10-28)20(31)25-14-7-8-14/h1-2,5-6,12-14H,3-4,7-11H2,(H,25,31)(H,26,30)/t13-/m0/s1. The Hall–Kier alpha value is -2.98. The number of nitrogens with zero attached hydrogens (tertiary/aromatic N) is 4. The minimum atomic E-state index is -0.378. The highest BCUT2D eigenvalue weighted by molar-refractivity contribution is 7.22. The Kier molecular flexibility index (Phi) is 6.03. The summed E-state index contributed by atoms with van der Waals surface area (Å²) in [6.45, 7) is 1.17. The number of thiazole rings is 1. The third kappa shape index (κ3) is 4.86. The van der Waals surface area contributed by atoms with E-state index in [4.69, 9.17) is 11.6 Å². The van der Waals surface area contributed by atoms with Crippen molar-refractivity contribution in [1.29, 1.82) is 0 Å². The second-order valence-electron chi connectivity index (χ2n) is 8.42. The van der Waals surface area contributed by atoms with E-state index < -0.39 is 0 Å². The molecular formula is C22H23ClN6O3S. The first-order valence-electron chi connectivity index (χ1n) is 10.9. The van der Waals surface area contributed by atoms with Crippen LogP contribution in [0.1, 0.15) is 25.7 Å². The normalized spacial score (nSPS) is 18.3. The third-order valence-corrected chi connectivity index (χ3v) is 7.24. The second kappa shape index (κ2) is 9.11. The van der Waals surface area contributed by atoms with Gasteiger partial charge in [-0.05, 0) is 37.8 Å². The minimum Gasteiger partial charge on any atom is -0.353 e. The summed E-state index contributed by atoms with van der Waals surface area (Å²) in [5.41, 5.74) is 0.516. The van der Waals surface area contributed by atoms with Crippen molar-refractivity contribution in [1.82, 2.24) is 19.9 Å². The molecule has 2 N–H and O–H groups in total. The fraction of sp³-hybridized carbons (Fsp3) is 0.409. The maximum absolute atomic E-state index is 13.0. The smallest absolute Gasteiger partial charge is 0.273 e. The highest BCUT2D eigenvalue weighted by Gasteiger charge is 2.31. The van der Waals surface area contributed by atoms with Gasteiger partial charge in [0, 0.05) is 19.1 Å². The number of rotatable bonds is 6. The Morgan fingerprint density at radius 3 is 2.82 bits per heavy atom. The molecule has 1 aromatic carbocycles. The third-order valence-electron chi connectivity index (χ3n) is 5.82. The van der Waals surface area contributed by atoms with Crippen LogP contribution in [0.5, 0.6) is 0 Å². The van der Waals surface area contributed by atoms with E-state index >= 15 is 0 Å². The molecule has 9 nitrogen and oxygen atoms in total. The molecule has 0 radical (unpaired) electrons. The molecular weight excluding hydrogens is 464 g/mol. The molecule has 1 aliphatic carbocycles. The molecule has 0 unspecified atom stereocenters. The van der Waals surface area contributed by atoms with Crippen LogP contribution in [-0.4, -0.2) is 45.5 Å². The number of hydrogen-bond donors (Lipinski definition) is 2. The number of para-hydroxylation sites is 1. The maximum Gasteiger partial charge on any atom is 0.273 e. The van der Waals surface area contributed by atoms with Crippen LogP contribution in [0, 0.1) is 5.92 Å². The topological polar surface area (TPSA) is 109 Å². The summed E-state index contributed by atoms with van der Waals surface area (Å²) in [7, 11) is 0. The lowest BCUT2D eigenvalue weighted by Gasteiger charge is -2.31. The van der Waals surface area contributed by atoms with Gasteiger partial charge in [0.2, 0.25) is 11.8 Å². The number of aromatic nitrogens is 3. The monoisotopic (exact) mass is 486 g/mol. The lowest BCUT2D eigenvalue weighted by atomic mass is 9.97. The van der Waals surface area contributed by atoms with Crippen LogP contribution in [0.2, 0.25) is 5.02 Å². The van der Waals surface area contributed by atoms with Crippen molar-refractivity contribution in [3.63, 3.8) is 0 Å². The Labute approximate surface area is 198 Å². The van der Waals surface area contributed by atoms with Crippen LogP contribution in [0.25, 0.3) is 10.3 Å². The average molecular weight is 487 g/mol. The average Bonchev–Trinajstić information content (AvgIpc) is 3.51. The molecule has 2 aliphatic rings. The largest absolute Gasteiger partial charge is 0.353 e. The van der Waals surface area contributed by atoms with Crippen molar-refractivity contribution >= 4 is 55.9 Å². The summed E-state index contributed by atoms with van der Waals surface area (Å²) >= 11 is 7.34. The number of carbonyl (C=O) groups excluding carboxylic acids is 2. The highest BCUT2D eigenvalue weighted by atomic mass is 35.5. The number of fused-ring (bicyclic) bond motifs is 1. The Morgan fingerprint density at radius 1 is 1.21 bits per heavy atom. The number of hydrogen-bond acceptors (Lipinski definition) is 7. The van der Waals surface area contributed by atoms with Gasteiger partial charge in [-0.2, -0.15) is 4.98 Å². The van der Waals surface area contributed by atoms with E-state index in [2.05, 4.69) is 25.5 Å². The first kappa shape index (κ1) is 21.8. The van der Waals surface area contributed by atoms with Crippen molar-refractivity contribution in [3.8, 4) is 0 Å². The van der Waals surface area contributed by atoms with Crippen LogP contribution in [0.3, 0.4) is 0 Å². The zero-order valence-corrected chi connectivity index (χ0v) is 19.4. The quantitative estimate of drug-likeness (QED) is 0.554. The summed E-state index contributed by atoms with van der Waals surface area (Å²) in [5, 5.41) is 6.89. The molecule has 11 heteroatoms. The number of anilines is 2. The number of nitrogens with one attached hydrogen (secondary N) is 2. The van der Waals surface area contributed by atoms with E-state index in [1.165, 1.54) is 22.2 Å². The van der Waals surface area contributed by atoms with Gasteiger partial charge in [-0.25, -0.2) is 4.98 Å². The molecule has 1 atom stereocenters. The molecule has 1 aliphatic heterocycles.